The summed E-state index contributed by atoms with van der Waals surface area (Å²) in [7, 11) is 1.76. The van der Waals surface area contributed by atoms with Crippen LogP contribution in [0.5, 0.6) is 0 Å². The van der Waals surface area contributed by atoms with Gasteiger partial charge in [-0.1, -0.05) is 0 Å². The van der Waals surface area contributed by atoms with E-state index in [1.54, 1.807) is 24.1 Å². The fourth-order valence-electron chi connectivity index (χ4n) is 1.63. The van der Waals surface area contributed by atoms with Gasteiger partial charge in [0.2, 0.25) is 0 Å². The van der Waals surface area contributed by atoms with Gasteiger partial charge in [0.25, 0.3) is 5.91 Å². The number of hydrogen-bond donors (Lipinski definition) is 2. The summed E-state index contributed by atoms with van der Waals surface area (Å²) in [6.45, 7) is 0.300. The summed E-state index contributed by atoms with van der Waals surface area (Å²) in [5, 5.41) is 6.72. The average Bonchev–Trinajstić information content (AvgIpc) is 2.73. The Labute approximate surface area is 108 Å². The minimum Gasteiger partial charge on any atom is -0.378 e. The average molecular weight is 266 g/mol. The smallest absolute Gasteiger partial charge is 0.251 e. The predicted octanol–water partition coefficient (Wildman–Crippen LogP) is 1.41. The molecule has 3 N–H and O–H groups in total. The Bertz CT molecular complexity index is 624. The van der Waals surface area contributed by atoms with E-state index in [0.29, 0.717) is 12.6 Å². The van der Waals surface area contributed by atoms with Crippen LogP contribution in [0.4, 0.5) is 14.5 Å². The number of amides is 1. The third kappa shape index (κ3) is 2.87. The van der Waals surface area contributed by atoms with Crippen LogP contribution in [0.25, 0.3) is 0 Å². The molecule has 1 aromatic carbocycles. The second-order valence-corrected chi connectivity index (χ2v) is 4.05. The van der Waals surface area contributed by atoms with Gasteiger partial charge in [0.1, 0.15) is 11.6 Å². The summed E-state index contributed by atoms with van der Waals surface area (Å²) in [6.07, 6.45) is 3.37. The molecule has 1 heterocycles. The summed E-state index contributed by atoms with van der Waals surface area (Å²) in [6, 6.07) is 1.69. The Morgan fingerprint density at radius 1 is 1.42 bits per heavy atom. The Kier molecular flexibility index (Phi) is 3.46. The molecule has 0 bridgehead atoms. The molecule has 2 rings (SSSR count). The highest BCUT2D eigenvalue weighted by Crippen LogP contribution is 2.20. The third-order valence-electron chi connectivity index (χ3n) is 2.56. The normalized spacial score (nSPS) is 10.5. The maximum atomic E-state index is 13.5. The van der Waals surface area contributed by atoms with Crippen molar-refractivity contribution in [2.75, 3.05) is 5.32 Å². The number of primary amides is 1. The summed E-state index contributed by atoms with van der Waals surface area (Å²) < 4.78 is 28.4. The van der Waals surface area contributed by atoms with Crippen LogP contribution in [-0.2, 0) is 13.6 Å². The summed E-state index contributed by atoms with van der Waals surface area (Å²) >= 11 is 0. The topological polar surface area (TPSA) is 72.9 Å². The molecular weight excluding hydrogens is 254 g/mol. The Morgan fingerprint density at radius 2 is 2.16 bits per heavy atom. The number of anilines is 1. The monoisotopic (exact) mass is 266 g/mol. The lowest BCUT2D eigenvalue weighted by atomic mass is 10.1. The molecule has 0 spiro atoms. The predicted molar refractivity (Wildman–Crippen MR) is 65.4 cm³/mol. The van der Waals surface area contributed by atoms with Crippen LogP contribution in [-0.4, -0.2) is 15.7 Å². The first-order chi connectivity index (χ1) is 8.97. The zero-order chi connectivity index (χ0) is 14.0. The van der Waals surface area contributed by atoms with E-state index in [2.05, 4.69) is 10.4 Å². The number of carbonyl (C=O) groups is 1. The van der Waals surface area contributed by atoms with Gasteiger partial charge in [0.15, 0.2) is 0 Å². The molecule has 100 valence electrons. The molecule has 0 aliphatic carbocycles. The highest BCUT2D eigenvalue weighted by atomic mass is 19.1. The number of hydrogen-bond acceptors (Lipinski definition) is 3. The molecule has 0 aliphatic heterocycles. The Morgan fingerprint density at radius 3 is 2.74 bits per heavy atom. The molecule has 2 aromatic rings. The van der Waals surface area contributed by atoms with E-state index in [9.17, 15) is 13.6 Å². The van der Waals surface area contributed by atoms with Gasteiger partial charge in [-0.25, -0.2) is 8.78 Å². The van der Waals surface area contributed by atoms with Crippen molar-refractivity contribution in [1.82, 2.24) is 9.78 Å². The minimum absolute atomic E-state index is 0.0130. The number of aromatic nitrogens is 2. The molecule has 0 radical (unpaired) electrons. The fraction of sp³-hybridized carbons (Fsp3) is 0.167. The number of nitrogens with two attached hydrogens (primary N) is 1. The number of rotatable bonds is 4. The van der Waals surface area contributed by atoms with E-state index < -0.39 is 17.5 Å². The molecule has 0 saturated heterocycles. The minimum atomic E-state index is -0.975. The molecule has 7 heteroatoms. The lowest BCUT2D eigenvalue weighted by Crippen LogP contribution is -2.14. The van der Waals surface area contributed by atoms with E-state index in [-0.39, 0.29) is 11.3 Å². The number of aryl methyl sites for hydroxylation is 1. The van der Waals surface area contributed by atoms with E-state index in [1.165, 1.54) is 0 Å². The van der Waals surface area contributed by atoms with Crippen molar-refractivity contribution >= 4 is 11.6 Å². The zero-order valence-electron chi connectivity index (χ0n) is 10.2. The van der Waals surface area contributed by atoms with Gasteiger partial charge < -0.3 is 11.1 Å². The van der Waals surface area contributed by atoms with Crippen molar-refractivity contribution in [3.05, 3.63) is 47.3 Å². The van der Waals surface area contributed by atoms with Crippen molar-refractivity contribution < 1.29 is 13.6 Å². The van der Waals surface area contributed by atoms with Gasteiger partial charge >= 0.3 is 0 Å². The van der Waals surface area contributed by atoms with Crippen molar-refractivity contribution in [1.29, 1.82) is 0 Å². The first-order valence-electron chi connectivity index (χ1n) is 5.47. The van der Waals surface area contributed by atoms with Crippen LogP contribution in [0, 0.1) is 11.6 Å². The fourth-order valence-corrected chi connectivity index (χ4v) is 1.63. The first-order valence-corrected chi connectivity index (χ1v) is 5.47. The molecule has 0 saturated carbocycles. The number of carbonyl (C=O) groups excluding carboxylic acids is 1. The van der Waals surface area contributed by atoms with E-state index >= 15 is 0 Å². The van der Waals surface area contributed by atoms with Crippen LogP contribution in [0.3, 0.4) is 0 Å². The second-order valence-electron chi connectivity index (χ2n) is 4.05. The molecule has 0 aliphatic rings. The molecule has 19 heavy (non-hydrogen) atoms. The summed E-state index contributed by atoms with van der Waals surface area (Å²) in [4.78, 5) is 11.0. The van der Waals surface area contributed by atoms with Gasteiger partial charge in [-0.2, -0.15) is 5.10 Å². The lowest BCUT2D eigenvalue weighted by molar-refractivity contribution is 0.0996. The standard InChI is InChI=1S/C12H12F2N4O/c1-18-6-7(5-17-18)4-16-11-2-8(12(15)19)9(13)3-10(11)14/h2-3,5-6,16H,4H2,1H3,(H2,15,19). The zero-order valence-corrected chi connectivity index (χ0v) is 10.2. The van der Waals surface area contributed by atoms with Crippen LogP contribution in [0.1, 0.15) is 15.9 Å². The molecular formula is C12H12F2N4O. The van der Waals surface area contributed by atoms with Crippen LogP contribution >= 0.6 is 0 Å². The van der Waals surface area contributed by atoms with Crippen molar-refractivity contribution in [2.45, 2.75) is 6.54 Å². The van der Waals surface area contributed by atoms with E-state index in [1.807, 2.05) is 0 Å². The van der Waals surface area contributed by atoms with Crippen molar-refractivity contribution in [3.8, 4) is 0 Å². The van der Waals surface area contributed by atoms with Gasteiger partial charge in [-0.15, -0.1) is 0 Å². The summed E-state index contributed by atoms with van der Waals surface area (Å²) in [5.41, 5.74) is 5.49. The van der Waals surface area contributed by atoms with Gasteiger partial charge in [-0.3, -0.25) is 9.48 Å². The maximum absolute atomic E-state index is 13.5. The number of nitrogens with zero attached hydrogens (tertiary/aromatic N) is 2. The highest BCUT2D eigenvalue weighted by Gasteiger charge is 2.13. The Hall–Kier alpha value is -2.44. The molecule has 0 unspecified atom stereocenters. The van der Waals surface area contributed by atoms with Gasteiger partial charge in [0.05, 0.1) is 17.4 Å². The second kappa shape index (κ2) is 5.05. The number of halogens is 2. The number of nitrogens with one attached hydrogen (secondary N) is 1. The number of benzene rings is 1. The molecule has 0 fully saturated rings. The van der Waals surface area contributed by atoms with Crippen molar-refractivity contribution in [3.63, 3.8) is 0 Å². The molecule has 5 nitrogen and oxygen atoms in total. The third-order valence-corrected chi connectivity index (χ3v) is 2.56. The Balaban J connectivity index is 2.20. The molecule has 0 atom stereocenters. The van der Waals surface area contributed by atoms with Gasteiger partial charge in [-0.05, 0) is 6.07 Å². The largest absolute Gasteiger partial charge is 0.378 e. The quantitative estimate of drug-likeness (QED) is 0.878. The van der Waals surface area contributed by atoms with Gasteiger partial charge in [0, 0.05) is 31.4 Å². The van der Waals surface area contributed by atoms with Crippen LogP contribution in [0.2, 0.25) is 0 Å². The lowest BCUT2D eigenvalue weighted by Gasteiger charge is -2.08. The molecule has 1 aromatic heterocycles. The SMILES string of the molecule is Cn1cc(CNc2cc(C(N)=O)c(F)cc2F)cn1. The van der Waals surface area contributed by atoms with E-state index in [4.69, 9.17) is 5.73 Å². The highest BCUT2D eigenvalue weighted by molar-refractivity contribution is 5.94. The van der Waals surface area contributed by atoms with Crippen LogP contribution < -0.4 is 11.1 Å². The first kappa shape index (κ1) is 13.0. The summed E-state index contributed by atoms with van der Waals surface area (Å²) in [5.74, 6) is -2.70. The van der Waals surface area contributed by atoms with E-state index in [0.717, 1.165) is 11.6 Å². The van der Waals surface area contributed by atoms with Crippen molar-refractivity contribution in [2.24, 2.45) is 12.8 Å². The molecule has 1 amide bonds. The maximum Gasteiger partial charge on any atom is 0.251 e. The van der Waals surface area contributed by atoms with Crippen LogP contribution in [0.15, 0.2) is 24.5 Å².